The summed E-state index contributed by atoms with van der Waals surface area (Å²) >= 11 is 1.72. The predicted octanol–water partition coefficient (Wildman–Crippen LogP) is 3.01. The Morgan fingerprint density at radius 2 is 2.04 bits per heavy atom. The van der Waals surface area contributed by atoms with Crippen LogP contribution in [0.15, 0.2) is 24.3 Å². The third-order valence-corrected chi connectivity index (χ3v) is 5.94. The fourth-order valence-corrected chi connectivity index (χ4v) is 4.36. The summed E-state index contributed by atoms with van der Waals surface area (Å²) in [6.45, 7) is 7.71. The van der Waals surface area contributed by atoms with Gasteiger partial charge in [0.05, 0.1) is 5.25 Å². The van der Waals surface area contributed by atoms with E-state index in [4.69, 9.17) is 0 Å². The average molecular weight is 350 g/mol. The number of amides is 3. The van der Waals surface area contributed by atoms with Gasteiger partial charge in [0.25, 0.3) is 0 Å². The molecule has 0 radical (unpaired) electrons. The van der Waals surface area contributed by atoms with Gasteiger partial charge in [0, 0.05) is 26.7 Å². The summed E-state index contributed by atoms with van der Waals surface area (Å²) in [5.41, 5.74) is 2.38. The van der Waals surface area contributed by atoms with E-state index in [-0.39, 0.29) is 22.6 Å². The van der Waals surface area contributed by atoms with Crippen molar-refractivity contribution >= 4 is 23.7 Å². The van der Waals surface area contributed by atoms with Crippen molar-refractivity contribution in [3.63, 3.8) is 0 Å². The molecule has 0 aliphatic carbocycles. The number of likely N-dealkylation sites (N-methyl/N-ethyl adjacent to an activating group) is 1. The Balaban J connectivity index is 2.13. The molecular formula is C18H27N3O2S. The van der Waals surface area contributed by atoms with Gasteiger partial charge < -0.3 is 15.1 Å². The van der Waals surface area contributed by atoms with Crippen molar-refractivity contribution in [3.8, 4) is 0 Å². The third kappa shape index (κ3) is 4.04. The SMILES string of the molecule is CCNC(=O)N(C)CCN1C(=O)C(CC)SC1c1ccccc1C. The number of nitrogens with one attached hydrogen (secondary N) is 1. The van der Waals surface area contributed by atoms with Crippen LogP contribution in [0.3, 0.4) is 0 Å². The molecule has 2 unspecified atom stereocenters. The van der Waals surface area contributed by atoms with Gasteiger partial charge in [0.1, 0.15) is 5.37 Å². The zero-order valence-corrected chi connectivity index (χ0v) is 15.7. The minimum Gasteiger partial charge on any atom is -0.338 e. The van der Waals surface area contributed by atoms with Crippen molar-refractivity contribution in [1.82, 2.24) is 15.1 Å². The molecule has 1 fully saturated rings. The first-order chi connectivity index (χ1) is 11.5. The number of carbonyl (C=O) groups excluding carboxylic acids is 2. The molecule has 1 aromatic rings. The zero-order chi connectivity index (χ0) is 17.7. The normalized spacial score (nSPS) is 20.3. The molecule has 0 bridgehead atoms. The van der Waals surface area contributed by atoms with Crippen LogP contribution < -0.4 is 5.32 Å². The number of hydrogen-bond acceptors (Lipinski definition) is 3. The number of nitrogens with zero attached hydrogens (tertiary/aromatic N) is 2. The van der Waals surface area contributed by atoms with E-state index in [1.54, 1.807) is 23.7 Å². The molecule has 132 valence electrons. The summed E-state index contributed by atoms with van der Waals surface area (Å²) in [6.07, 6.45) is 0.828. The molecule has 2 atom stereocenters. The Morgan fingerprint density at radius 1 is 1.33 bits per heavy atom. The smallest absolute Gasteiger partial charge is 0.317 e. The van der Waals surface area contributed by atoms with Crippen molar-refractivity contribution in [2.45, 2.75) is 37.8 Å². The van der Waals surface area contributed by atoms with E-state index in [2.05, 4.69) is 31.3 Å². The Hall–Kier alpha value is -1.69. The monoisotopic (exact) mass is 349 g/mol. The van der Waals surface area contributed by atoms with Crippen LogP contribution in [0, 0.1) is 6.92 Å². The number of rotatable bonds is 6. The number of urea groups is 1. The van der Waals surface area contributed by atoms with Gasteiger partial charge in [-0.1, -0.05) is 31.2 Å². The van der Waals surface area contributed by atoms with Gasteiger partial charge in [-0.15, -0.1) is 11.8 Å². The van der Waals surface area contributed by atoms with E-state index in [0.717, 1.165) is 6.42 Å². The van der Waals surface area contributed by atoms with E-state index >= 15 is 0 Å². The number of carbonyl (C=O) groups is 2. The predicted molar refractivity (Wildman–Crippen MR) is 99.0 cm³/mol. The Morgan fingerprint density at radius 3 is 2.67 bits per heavy atom. The van der Waals surface area contributed by atoms with Crippen LogP contribution in [-0.4, -0.2) is 53.7 Å². The lowest BCUT2D eigenvalue weighted by molar-refractivity contribution is -0.130. The molecule has 1 N–H and O–H groups in total. The highest BCUT2D eigenvalue weighted by Crippen LogP contribution is 2.44. The summed E-state index contributed by atoms with van der Waals surface area (Å²) in [5.74, 6) is 0.181. The molecule has 1 aromatic carbocycles. The fourth-order valence-electron chi connectivity index (χ4n) is 2.84. The van der Waals surface area contributed by atoms with Gasteiger partial charge in [-0.2, -0.15) is 0 Å². The lowest BCUT2D eigenvalue weighted by atomic mass is 10.1. The molecule has 1 saturated heterocycles. The first-order valence-corrected chi connectivity index (χ1v) is 9.44. The minimum atomic E-state index is -0.101. The second-order valence-corrected chi connectivity index (χ2v) is 7.32. The van der Waals surface area contributed by atoms with Crippen molar-refractivity contribution in [3.05, 3.63) is 35.4 Å². The first kappa shape index (κ1) is 18.6. The fraction of sp³-hybridized carbons (Fsp3) is 0.556. The number of thioether (sulfide) groups is 1. The highest BCUT2D eigenvalue weighted by molar-refractivity contribution is 8.01. The summed E-state index contributed by atoms with van der Waals surface area (Å²) in [6, 6.07) is 8.12. The van der Waals surface area contributed by atoms with Gasteiger partial charge in [0.2, 0.25) is 5.91 Å². The molecule has 24 heavy (non-hydrogen) atoms. The Labute approximate surface area is 148 Å². The molecule has 1 aliphatic rings. The van der Waals surface area contributed by atoms with Gasteiger partial charge in [-0.25, -0.2) is 4.79 Å². The molecule has 6 heteroatoms. The average Bonchev–Trinajstić information content (AvgIpc) is 2.89. The summed E-state index contributed by atoms with van der Waals surface area (Å²) in [4.78, 5) is 28.1. The van der Waals surface area contributed by atoms with Crippen molar-refractivity contribution in [2.24, 2.45) is 0 Å². The molecule has 1 heterocycles. The number of aryl methyl sites for hydroxylation is 1. The van der Waals surface area contributed by atoms with Gasteiger partial charge in [-0.3, -0.25) is 4.79 Å². The van der Waals surface area contributed by atoms with E-state index < -0.39 is 0 Å². The van der Waals surface area contributed by atoms with Crippen molar-refractivity contribution in [2.75, 3.05) is 26.7 Å². The quantitative estimate of drug-likeness (QED) is 0.859. The Bertz CT molecular complexity index is 593. The molecule has 0 spiro atoms. The van der Waals surface area contributed by atoms with Crippen molar-refractivity contribution in [1.29, 1.82) is 0 Å². The van der Waals surface area contributed by atoms with Crippen LogP contribution in [0.25, 0.3) is 0 Å². The molecule has 3 amide bonds. The van der Waals surface area contributed by atoms with Gasteiger partial charge >= 0.3 is 6.03 Å². The third-order valence-electron chi connectivity index (χ3n) is 4.31. The van der Waals surface area contributed by atoms with Crippen LogP contribution in [0.1, 0.15) is 36.8 Å². The summed E-state index contributed by atoms with van der Waals surface area (Å²) < 4.78 is 0. The highest BCUT2D eigenvalue weighted by atomic mass is 32.2. The van der Waals surface area contributed by atoms with E-state index in [1.807, 2.05) is 24.0 Å². The van der Waals surface area contributed by atoms with E-state index in [0.29, 0.717) is 19.6 Å². The number of hydrogen-bond donors (Lipinski definition) is 1. The highest BCUT2D eigenvalue weighted by Gasteiger charge is 2.40. The summed E-state index contributed by atoms with van der Waals surface area (Å²) in [7, 11) is 1.76. The molecule has 2 rings (SSSR count). The molecular weight excluding hydrogens is 322 g/mol. The van der Waals surface area contributed by atoms with Gasteiger partial charge in [-0.05, 0) is 31.4 Å². The van der Waals surface area contributed by atoms with Crippen LogP contribution in [-0.2, 0) is 4.79 Å². The summed E-state index contributed by atoms with van der Waals surface area (Å²) in [5, 5.41) is 2.82. The second-order valence-electron chi connectivity index (χ2n) is 6.03. The maximum Gasteiger partial charge on any atom is 0.317 e. The molecule has 0 aromatic heterocycles. The van der Waals surface area contributed by atoms with E-state index in [1.165, 1.54) is 11.1 Å². The standard InChI is InChI=1S/C18H27N3O2S/c1-5-15-16(22)21(12-11-20(4)18(23)19-6-2)17(24-15)14-10-8-7-9-13(14)3/h7-10,15,17H,5-6,11-12H2,1-4H3,(H,19,23). The Kier molecular flexibility index (Phi) is 6.54. The topological polar surface area (TPSA) is 52.7 Å². The zero-order valence-electron chi connectivity index (χ0n) is 14.9. The lowest BCUT2D eigenvalue weighted by Gasteiger charge is -2.27. The molecule has 5 nitrogen and oxygen atoms in total. The first-order valence-electron chi connectivity index (χ1n) is 8.50. The van der Waals surface area contributed by atoms with E-state index in [9.17, 15) is 9.59 Å². The second kappa shape index (κ2) is 8.42. The molecule has 1 aliphatic heterocycles. The largest absolute Gasteiger partial charge is 0.338 e. The minimum absolute atomic E-state index is 0.00406. The number of benzene rings is 1. The van der Waals surface area contributed by atoms with Crippen LogP contribution >= 0.6 is 11.8 Å². The maximum atomic E-state index is 12.7. The van der Waals surface area contributed by atoms with Crippen LogP contribution in [0.4, 0.5) is 4.79 Å². The van der Waals surface area contributed by atoms with Crippen molar-refractivity contribution < 1.29 is 9.59 Å². The lowest BCUT2D eigenvalue weighted by Crippen LogP contribution is -2.43. The van der Waals surface area contributed by atoms with Crippen LogP contribution in [0.2, 0.25) is 0 Å². The molecule has 0 saturated carbocycles. The maximum absolute atomic E-state index is 12.7. The van der Waals surface area contributed by atoms with Crippen LogP contribution in [0.5, 0.6) is 0 Å². The van der Waals surface area contributed by atoms with Gasteiger partial charge in [0.15, 0.2) is 0 Å².